The van der Waals surface area contributed by atoms with E-state index in [0.29, 0.717) is 26.1 Å². The van der Waals surface area contributed by atoms with Crippen LogP contribution in [0.1, 0.15) is 23.1 Å². The number of halogens is 1. The summed E-state index contributed by atoms with van der Waals surface area (Å²) in [5, 5.41) is 15.0. The highest BCUT2D eigenvalue weighted by molar-refractivity contribution is 6.01. The zero-order chi connectivity index (χ0) is 24.6. The van der Waals surface area contributed by atoms with Gasteiger partial charge < -0.3 is 19.4 Å². The Labute approximate surface area is 205 Å². The third kappa shape index (κ3) is 7.04. The molecule has 3 aromatic rings. The van der Waals surface area contributed by atoms with Gasteiger partial charge in [0.05, 0.1) is 12.8 Å². The van der Waals surface area contributed by atoms with Crippen LogP contribution in [0.15, 0.2) is 78.0 Å². The number of methoxy groups -OCH3 is 1. The maximum atomic E-state index is 13.3. The Kier molecular flexibility index (Phi) is 8.34. The van der Waals surface area contributed by atoms with E-state index in [-0.39, 0.29) is 18.5 Å². The van der Waals surface area contributed by atoms with Gasteiger partial charge in [-0.3, -0.25) is 4.90 Å². The van der Waals surface area contributed by atoms with Crippen LogP contribution in [0, 0.1) is 12.7 Å². The number of para-hydroxylation sites is 1. The summed E-state index contributed by atoms with van der Waals surface area (Å²) in [6, 6.07) is 21.9. The van der Waals surface area contributed by atoms with E-state index in [4.69, 9.17) is 14.3 Å². The molecule has 0 bridgehead atoms. The lowest BCUT2D eigenvalue weighted by Crippen LogP contribution is -2.39. The molecule has 1 aliphatic rings. The van der Waals surface area contributed by atoms with E-state index in [2.05, 4.69) is 10.1 Å². The van der Waals surface area contributed by atoms with Crippen LogP contribution in [0.25, 0.3) is 0 Å². The summed E-state index contributed by atoms with van der Waals surface area (Å²) in [6.45, 7) is 3.72. The van der Waals surface area contributed by atoms with Crippen molar-refractivity contribution in [1.82, 2.24) is 4.90 Å². The number of benzene rings is 3. The van der Waals surface area contributed by atoms with Crippen LogP contribution >= 0.6 is 0 Å². The topological polar surface area (TPSA) is 63.5 Å². The average molecular weight is 479 g/mol. The summed E-state index contributed by atoms with van der Waals surface area (Å²) in [4.78, 5) is 7.84. The quantitative estimate of drug-likeness (QED) is 0.437. The summed E-state index contributed by atoms with van der Waals surface area (Å²) in [5.41, 5.74) is 3.73. The van der Waals surface area contributed by atoms with Gasteiger partial charge in [-0.1, -0.05) is 47.6 Å². The number of aliphatic hydroxyl groups is 1. The maximum Gasteiger partial charge on any atom is 0.145 e. The molecule has 0 amide bonds. The van der Waals surface area contributed by atoms with Gasteiger partial charge in [-0.2, -0.15) is 0 Å². The maximum absolute atomic E-state index is 13.3. The van der Waals surface area contributed by atoms with Crippen molar-refractivity contribution < 1.29 is 23.8 Å². The number of ether oxygens (including phenoxy) is 2. The molecule has 0 radical (unpaired) electrons. The monoisotopic (exact) mass is 478 g/mol. The minimum absolute atomic E-state index is 0.176. The summed E-state index contributed by atoms with van der Waals surface area (Å²) in [6.07, 6.45) is -0.264. The smallest absolute Gasteiger partial charge is 0.145 e. The first-order valence-corrected chi connectivity index (χ1v) is 11.7. The number of aryl methyl sites for hydroxylation is 1. The Morgan fingerprint density at radius 2 is 1.91 bits per heavy atom. The zero-order valence-corrected chi connectivity index (χ0v) is 20.1. The lowest BCUT2D eigenvalue weighted by Gasteiger charge is -2.27. The summed E-state index contributed by atoms with van der Waals surface area (Å²) in [5.74, 6) is 1.27. The molecule has 0 fully saturated rings. The lowest BCUT2D eigenvalue weighted by atomic mass is 10.0. The molecule has 2 atom stereocenters. The first-order chi connectivity index (χ1) is 17.0. The van der Waals surface area contributed by atoms with Crippen LogP contribution < -0.4 is 9.47 Å². The minimum Gasteiger partial charge on any atom is -0.497 e. The average Bonchev–Trinajstić information content (AvgIpc) is 3.32. The Morgan fingerprint density at radius 3 is 2.69 bits per heavy atom. The number of oxime groups is 1. The van der Waals surface area contributed by atoms with E-state index >= 15 is 0 Å². The van der Waals surface area contributed by atoms with E-state index in [1.54, 1.807) is 19.2 Å². The van der Waals surface area contributed by atoms with Gasteiger partial charge in [-0.25, -0.2) is 4.39 Å². The van der Waals surface area contributed by atoms with Crippen molar-refractivity contribution in [2.45, 2.75) is 32.1 Å². The summed E-state index contributed by atoms with van der Waals surface area (Å²) >= 11 is 0. The number of hydrogen-bond donors (Lipinski definition) is 1. The number of aliphatic hydroxyl groups excluding tert-OH is 1. The second-order valence-corrected chi connectivity index (χ2v) is 8.75. The van der Waals surface area contributed by atoms with E-state index in [0.717, 1.165) is 33.9 Å². The van der Waals surface area contributed by atoms with Crippen LogP contribution in [0.5, 0.6) is 11.5 Å². The summed E-state index contributed by atoms with van der Waals surface area (Å²) < 4.78 is 24.5. The van der Waals surface area contributed by atoms with Crippen LogP contribution in [0.2, 0.25) is 0 Å². The zero-order valence-electron chi connectivity index (χ0n) is 20.1. The molecule has 0 saturated carbocycles. The van der Waals surface area contributed by atoms with Crippen LogP contribution in [-0.2, 0) is 11.4 Å². The van der Waals surface area contributed by atoms with Crippen molar-refractivity contribution in [3.05, 3.63) is 95.3 Å². The fourth-order valence-corrected chi connectivity index (χ4v) is 4.11. The van der Waals surface area contributed by atoms with Gasteiger partial charge in [-0.05, 0) is 53.9 Å². The van der Waals surface area contributed by atoms with Crippen LogP contribution in [0.4, 0.5) is 4.39 Å². The van der Waals surface area contributed by atoms with Crippen LogP contribution in [-0.4, -0.2) is 54.7 Å². The molecule has 184 valence electrons. The largest absolute Gasteiger partial charge is 0.497 e. The van der Waals surface area contributed by atoms with E-state index in [1.807, 2.05) is 55.5 Å². The Hall–Kier alpha value is -3.42. The first-order valence-electron chi connectivity index (χ1n) is 11.7. The molecule has 0 spiro atoms. The standard InChI is InChI=1S/C28H31FN2O4/c1-20-6-3-4-9-28(20)34-19-24(32)17-31(16-21-7-5-8-25(14-21)33-2)18-26-15-27(30-35-26)22-10-12-23(29)13-11-22/h3-14,24,26,32H,15-19H2,1-2H3. The molecule has 6 nitrogen and oxygen atoms in total. The van der Waals surface area contributed by atoms with Gasteiger partial charge in [0, 0.05) is 26.1 Å². The van der Waals surface area contributed by atoms with Crippen molar-refractivity contribution in [1.29, 1.82) is 0 Å². The molecule has 0 saturated heterocycles. The van der Waals surface area contributed by atoms with Crippen molar-refractivity contribution in [2.75, 3.05) is 26.8 Å². The van der Waals surface area contributed by atoms with E-state index < -0.39 is 6.10 Å². The van der Waals surface area contributed by atoms with Gasteiger partial charge in [-0.15, -0.1) is 0 Å². The molecule has 0 aliphatic carbocycles. The minimum atomic E-state index is -0.695. The number of rotatable bonds is 11. The highest BCUT2D eigenvalue weighted by Crippen LogP contribution is 2.21. The van der Waals surface area contributed by atoms with Crippen molar-refractivity contribution in [3.63, 3.8) is 0 Å². The second-order valence-electron chi connectivity index (χ2n) is 8.75. The molecule has 4 rings (SSSR count). The lowest BCUT2D eigenvalue weighted by molar-refractivity contribution is 0.0212. The van der Waals surface area contributed by atoms with Gasteiger partial charge in [0.25, 0.3) is 0 Å². The van der Waals surface area contributed by atoms with Gasteiger partial charge >= 0.3 is 0 Å². The Morgan fingerprint density at radius 1 is 1.11 bits per heavy atom. The van der Waals surface area contributed by atoms with Crippen LogP contribution in [0.3, 0.4) is 0 Å². The molecule has 2 unspecified atom stereocenters. The highest BCUT2D eigenvalue weighted by atomic mass is 19.1. The summed E-state index contributed by atoms with van der Waals surface area (Å²) in [7, 11) is 1.64. The molecule has 1 heterocycles. The normalized spacial score (nSPS) is 16.0. The number of nitrogens with zero attached hydrogens (tertiary/aromatic N) is 2. The fraction of sp³-hybridized carbons (Fsp3) is 0.321. The van der Waals surface area contributed by atoms with Gasteiger partial charge in [0.15, 0.2) is 0 Å². The predicted molar refractivity (Wildman–Crippen MR) is 133 cm³/mol. The second kappa shape index (κ2) is 11.8. The SMILES string of the molecule is COc1cccc(CN(CC(O)COc2ccccc2C)CC2CC(c3ccc(F)cc3)=NO2)c1. The van der Waals surface area contributed by atoms with Crippen molar-refractivity contribution in [2.24, 2.45) is 5.16 Å². The fourth-order valence-electron chi connectivity index (χ4n) is 4.11. The van der Waals surface area contributed by atoms with E-state index in [9.17, 15) is 9.50 Å². The van der Waals surface area contributed by atoms with Crippen molar-refractivity contribution >= 4 is 5.71 Å². The highest BCUT2D eigenvalue weighted by Gasteiger charge is 2.26. The molecule has 35 heavy (non-hydrogen) atoms. The predicted octanol–water partition coefficient (Wildman–Crippen LogP) is 4.58. The molecule has 0 aromatic heterocycles. The number of hydrogen-bond acceptors (Lipinski definition) is 6. The van der Waals surface area contributed by atoms with Crippen molar-refractivity contribution in [3.8, 4) is 11.5 Å². The van der Waals surface area contributed by atoms with E-state index in [1.165, 1.54) is 12.1 Å². The molecular formula is C28H31FN2O4. The molecule has 7 heteroatoms. The van der Waals surface area contributed by atoms with Gasteiger partial charge in [0.2, 0.25) is 0 Å². The Bertz CT molecular complexity index is 1140. The third-order valence-corrected chi connectivity index (χ3v) is 5.91. The molecule has 3 aromatic carbocycles. The first kappa shape index (κ1) is 24.7. The third-order valence-electron chi connectivity index (χ3n) is 5.91. The Balaban J connectivity index is 1.40. The molecule has 1 N–H and O–H groups in total. The van der Waals surface area contributed by atoms with Gasteiger partial charge in [0.1, 0.15) is 36.1 Å². The molecule has 1 aliphatic heterocycles. The molecular weight excluding hydrogens is 447 g/mol.